The smallest absolute Gasteiger partial charge is 0.412 e. The second-order valence-electron chi connectivity index (χ2n) is 16.6. The summed E-state index contributed by atoms with van der Waals surface area (Å²) in [5.41, 5.74) is 4.56. The number of nitrogens with zero attached hydrogens (tertiary/aromatic N) is 2. The molecule has 1 aliphatic heterocycles. The van der Waals surface area contributed by atoms with E-state index in [0.29, 0.717) is 43.9 Å². The van der Waals surface area contributed by atoms with Crippen LogP contribution in [0.3, 0.4) is 0 Å². The van der Waals surface area contributed by atoms with Crippen LogP contribution in [0.1, 0.15) is 93.7 Å². The molecular formula is C49H61N3O8. The van der Waals surface area contributed by atoms with E-state index in [1.54, 1.807) is 12.1 Å². The Morgan fingerprint density at radius 2 is 1.68 bits per heavy atom. The molecule has 0 unspecified atom stereocenters. The fourth-order valence-electron chi connectivity index (χ4n) is 9.61. The van der Waals surface area contributed by atoms with Crippen LogP contribution in [0.5, 0.6) is 11.5 Å². The minimum Gasteiger partial charge on any atom is -0.459 e. The number of rotatable bonds is 21. The van der Waals surface area contributed by atoms with Crippen molar-refractivity contribution in [3.8, 4) is 11.5 Å². The molecule has 0 spiro atoms. The lowest BCUT2D eigenvalue weighted by atomic mass is 9.55. The molecule has 3 aromatic carbocycles. The number of hydrogen-bond donors (Lipinski definition) is 3. The first kappa shape index (κ1) is 43.1. The van der Waals surface area contributed by atoms with Crippen LogP contribution >= 0.6 is 0 Å². The number of aliphatic hydroxyl groups excluding tert-OH is 2. The predicted octanol–water partition coefficient (Wildman–Crippen LogP) is 8.46. The van der Waals surface area contributed by atoms with E-state index < -0.39 is 23.8 Å². The SMILES string of the molecule is C=CCO[C@@]12Oc3ccc(OC(=O)NCc4ccccc4)cc3[C@H]3[C@H](CCCCO)[C@@H](CCCCO)C=C(C(=NOCc4ccccc4)C[C@@H]1N(CCC)C(=O)C1CC1)[C@H]32. The second kappa shape index (κ2) is 20.5. The van der Waals surface area contributed by atoms with Gasteiger partial charge in [0.05, 0.1) is 18.2 Å². The normalized spacial score (nSPS) is 24.6. The lowest BCUT2D eigenvalue weighted by molar-refractivity contribution is -0.257. The van der Waals surface area contributed by atoms with Gasteiger partial charge in [-0.3, -0.25) is 4.79 Å². The Balaban J connectivity index is 1.37. The molecule has 320 valence electrons. The Bertz CT molecular complexity index is 1970. The summed E-state index contributed by atoms with van der Waals surface area (Å²) >= 11 is 0. The molecule has 11 heteroatoms. The fourth-order valence-corrected chi connectivity index (χ4v) is 9.61. The molecule has 3 N–H and O–H groups in total. The number of benzene rings is 3. The summed E-state index contributed by atoms with van der Waals surface area (Å²) in [6, 6.07) is 24.6. The van der Waals surface area contributed by atoms with E-state index in [-0.39, 0.29) is 56.0 Å². The number of nitrogens with one attached hydrogen (secondary N) is 1. The molecule has 60 heavy (non-hydrogen) atoms. The maximum Gasteiger partial charge on any atom is 0.412 e. The van der Waals surface area contributed by atoms with Gasteiger partial charge in [0.15, 0.2) is 0 Å². The molecule has 0 radical (unpaired) electrons. The van der Waals surface area contributed by atoms with Gasteiger partial charge in [0.2, 0.25) is 11.7 Å². The zero-order valence-electron chi connectivity index (χ0n) is 34.9. The summed E-state index contributed by atoms with van der Waals surface area (Å²) in [5, 5.41) is 27.6. The minimum atomic E-state index is -1.32. The summed E-state index contributed by atoms with van der Waals surface area (Å²) in [4.78, 5) is 35.9. The molecule has 7 rings (SSSR count). The van der Waals surface area contributed by atoms with Crippen LogP contribution < -0.4 is 14.8 Å². The zero-order chi connectivity index (χ0) is 41.9. The fraction of sp³-hybridized carbons (Fsp3) is 0.490. The Labute approximate surface area is 354 Å². The highest BCUT2D eigenvalue weighted by Crippen LogP contribution is 2.62. The highest BCUT2D eigenvalue weighted by atomic mass is 16.7. The van der Waals surface area contributed by atoms with Gasteiger partial charge in [-0.2, -0.15) is 0 Å². The van der Waals surface area contributed by atoms with Crippen LogP contribution in [-0.4, -0.2) is 71.0 Å². The summed E-state index contributed by atoms with van der Waals surface area (Å²) in [7, 11) is 0. The van der Waals surface area contributed by atoms with Crippen LogP contribution in [-0.2, 0) is 27.5 Å². The number of allylic oxidation sites excluding steroid dienone is 1. The number of oxime groups is 1. The molecule has 6 atom stereocenters. The van der Waals surface area contributed by atoms with Gasteiger partial charge < -0.3 is 39.5 Å². The number of amides is 2. The average Bonchev–Trinajstić information content (AvgIpc) is 4.12. The summed E-state index contributed by atoms with van der Waals surface area (Å²) in [6.07, 6.45) is 10.9. The van der Waals surface area contributed by atoms with E-state index >= 15 is 0 Å². The molecule has 0 bridgehead atoms. The van der Waals surface area contributed by atoms with Crippen molar-refractivity contribution in [2.45, 2.75) is 102 Å². The predicted molar refractivity (Wildman–Crippen MR) is 230 cm³/mol. The Morgan fingerprint density at radius 3 is 2.37 bits per heavy atom. The van der Waals surface area contributed by atoms with Crippen LogP contribution in [0.25, 0.3) is 0 Å². The monoisotopic (exact) mass is 819 g/mol. The average molecular weight is 820 g/mol. The standard InChI is InChI=1S/C49H61N3O8/c1-3-25-52(47(55)36-21-22-36)44-31-42(51-58-33-35-17-9-6-10-18-35)40-29-37(19-11-13-26-53)39(20-12-14-27-54)45-41-30-38(59-48(56)50-32-34-15-7-5-8-16-34)23-24-43(41)60-49(44,46(40)45)57-28-4-2/h4-10,15-18,23-24,29-30,36-37,39,44-46,53-54H,2-3,11-14,19-22,25-28,31-33H2,1H3,(H,50,56)/t37-,39+,44-,45+,46+,49+/m0/s1. The number of hydrogen-bond acceptors (Lipinski definition) is 9. The highest BCUT2D eigenvalue weighted by molar-refractivity contribution is 6.03. The zero-order valence-corrected chi connectivity index (χ0v) is 34.9. The Morgan fingerprint density at radius 1 is 0.967 bits per heavy atom. The first-order valence-electron chi connectivity index (χ1n) is 21.9. The first-order chi connectivity index (χ1) is 29.4. The summed E-state index contributed by atoms with van der Waals surface area (Å²) in [6.45, 7) is 7.64. The van der Waals surface area contributed by atoms with Crippen molar-refractivity contribution in [3.63, 3.8) is 0 Å². The number of carbonyl (C=O) groups is 2. The molecule has 11 nitrogen and oxygen atoms in total. The summed E-state index contributed by atoms with van der Waals surface area (Å²) < 4.78 is 20.3. The van der Waals surface area contributed by atoms with Crippen molar-refractivity contribution < 1.29 is 38.9 Å². The van der Waals surface area contributed by atoms with Gasteiger partial charge in [0, 0.05) is 50.1 Å². The molecule has 2 fully saturated rings. The van der Waals surface area contributed by atoms with Crippen molar-refractivity contribution >= 4 is 17.7 Å². The number of unbranched alkanes of at least 4 members (excludes halogenated alkanes) is 2. The van der Waals surface area contributed by atoms with Gasteiger partial charge in [-0.05, 0) is 91.7 Å². The van der Waals surface area contributed by atoms with Gasteiger partial charge in [0.25, 0.3) is 0 Å². The molecular weight excluding hydrogens is 759 g/mol. The van der Waals surface area contributed by atoms with E-state index in [1.165, 1.54) is 0 Å². The van der Waals surface area contributed by atoms with Crippen molar-refractivity contribution in [2.75, 3.05) is 26.4 Å². The quantitative estimate of drug-likeness (QED) is 0.0553. The van der Waals surface area contributed by atoms with Crippen molar-refractivity contribution in [1.29, 1.82) is 0 Å². The van der Waals surface area contributed by atoms with Crippen LogP contribution in [0.15, 0.2) is 108 Å². The number of carbonyl (C=O) groups excluding carboxylic acids is 2. The molecule has 2 amide bonds. The van der Waals surface area contributed by atoms with E-state index in [2.05, 4.69) is 24.9 Å². The van der Waals surface area contributed by atoms with Gasteiger partial charge in [-0.25, -0.2) is 4.79 Å². The van der Waals surface area contributed by atoms with Crippen molar-refractivity contribution in [1.82, 2.24) is 10.2 Å². The third-order valence-corrected chi connectivity index (χ3v) is 12.4. The third-order valence-electron chi connectivity index (χ3n) is 12.4. The number of aliphatic hydroxyl groups is 2. The first-order valence-corrected chi connectivity index (χ1v) is 21.9. The lowest BCUT2D eigenvalue weighted by Gasteiger charge is -2.60. The van der Waals surface area contributed by atoms with Crippen LogP contribution in [0, 0.1) is 23.7 Å². The summed E-state index contributed by atoms with van der Waals surface area (Å²) in [5.74, 6) is -0.806. The second-order valence-corrected chi connectivity index (χ2v) is 16.6. The maximum atomic E-state index is 14.4. The van der Waals surface area contributed by atoms with Gasteiger partial charge in [-0.1, -0.05) is 97.7 Å². The van der Waals surface area contributed by atoms with Gasteiger partial charge >= 0.3 is 6.09 Å². The van der Waals surface area contributed by atoms with Gasteiger partial charge in [0.1, 0.15) is 24.1 Å². The lowest BCUT2D eigenvalue weighted by Crippen LogP contribution is -2.70. The topological polar surface area (TPSA) is 139 Å². The van der Waals surface area contributed by atoms with Crippen molar-refractivity contribution in [3.05, 3.63) is 120 Å². The molecule has 0 aromatic heterocycles. The number of fused-ring (bicyclic) bond motifs is 2. The van der Waals surface area contributed by atoms with E-state index in [4.69, 9.17) is 24.2 Å². The maximum absolute atomic E-state index is 14.4. The van der Waals surface area contributed by atoms with Gasteiger partial charge in [-0.15, -0.1) is 6.58 Å². The highest BCUT2D eigenvalue weighted by Gasteiger charge is 2.65. The molecule has 2 saturated carbocycles. The Kier molecular flexibility index (Phi) is 14.8. The molecule has 0 saturated heterocycles. The van der Waals surface area contributed by atoms with E-state index in [1.807, 2.05) is 77.7 Å². The molecule has 3 aliphatic carbocycles. The molecule has 3 aromatic rings. The van der Waals surface area contributed by atoms with Crippen LogP contribution in [0.4, 0.5) is 4.79 Å². The van der Waals surface area contributed by atoms with E-state index in [0.717, 1.165) is 72.9 Å². The molecule has 4 aliphatic rings. The largest absolute Gasteiger partial charge is 0.459 e. The van der Waals surface area contributed by atoms with E-state index in [9.17, 15) is 19.8 Å². The minimum absolute atomic E-state index is 0.0347. The third kappa shape index (κ3) is 9.80. The van der Waals surface area contributed by atoms with Crippen LogP contribution in [0.2, 0.25) is 0 Å². The number of ether oxygens (including phenoxy) is 3. The Hall–Kier alpha value is -4.97. The van der Waals surface area contributed by atoms with Crippen molar-refractivity contribution in [2.24, 2.45) is 28.8 Å². The molecule has 1 heterocycles.